The summed E-state index contributed by atoms with van der Waals surface area (Å²) in [5, 5.41) is 2.83. The summed E-state index contributed by atoms with van der Waals surface area (Å²) in [5.74, 6) is 1.99. The average Bonchev–Trinajstić information content (AvgIpc) is 2.71. The van der Waals surface area contributed by atoms with Crippen LogP contribution in [0.15, 0.2) is 30.5 Å². The van der Waals surface area contributed by atoms with Crippen molar-refractivity contribution in [2.24, 2.45) is 0 Å². The van der Waals surface area contributed by atoms with Gasteiger partial charge in [-0.2, -0.15) is 0 Å². The highest BCUT2D eigenvalue weighted by Crippen LogP contribution is 2.40. The Morgan fingerprint density at radius 2 is 1.78 bits per heavy atom. The highest BCUT2D eigenvalue weighted by molar-refractivity contribution is 6.04. The molecule has 0 aliphatic carbocycles. The number of benzene rings is 1. The first-order chi connectivity index (χ1) is 13.0. The van der Waals surface area contributed by atoms with Crippen LogP contribution in [0.3, 0.4) is 0 Å². The molecule has 2 rings (SSSR count). The van der Waals surface area contributed by atoms with Crippen molar-refractivity contribution in [3.05, 3.63) is 36.0 Å². The largest absolute Gasteiger partial charge is 0.493 e. The van der Waals surface area contributed by atoms with Crippen LogP contribution in [0, 0.1) is 0 Å². The number of rotatable bonds is 9. The first kappa shape index (κ1) is 20.4. The Morgan fingerprint density at radius 1 is 1.11 bits per heavy atom. The third kappa shape index (κ3) is 5.03. The zero-order chi connectivity index (χ0) is 19.8. The molecule has 146 valence electrons. The van der Waals surface area contributed by atoms with Crippen molar-refractivity contribution in [1.29, 1.82) is 0 Å². The lowest BCUT2D eigenvalue weighted by molar-refractivity contribution is 0.102. The maximum absolute atomic E-state index is 12.5. The Balaban J connectivity index is 2.15. The smallest absolute Gasteiger partial charge is 0.257 e. The maximum Gasteiger partial charge on any atom is 0.257 e. The lowest BCUT2D eigenvalue weighted by atomic mass is 10.2. The van der Waals surface area contributed by atoms with Gasteiger partial charge in [-0.1, -0.05) is 13.3 Å². The molecular formula is C20H27N3O4. The molecule has 0 aliphatic heterocycles. The molecule has 0 spiro atoms. The fraction of sp³-hybridized carbons (Fsp3) is 0.400. The van der Waals surface area contributed by atoms with E-state index in [0.717, 1.165) is 25.2 Å². The second-order valence-corrected chi connectivity index (χ2v) is 6.05. The summed E-state index contributed by atoms with van der Waals surface area (Å²) in [6.07, 6.45) is 3.80. The average molecular weight is 373 g/mol. The number of hydrogen-bond acceptors (Lipinski definition) is 6. The number of carbonyl (C=O) groups excluding carboxylic acids is 1. The molecule has 0 unspecified atom stereocenters. The molecule has 0 atom stereocenters. The van der Waals surface area contributed by atoms with E-state index in [1.165, 1.54) is 21.3 Å². The van der Waals surface area contributed by atoms with Gasteiger partial charge in [0, 0.05) is 37.6 Å². The van der Waals surface area contributed by atoms with E-state index in [1.54, 1.807) is 24.4 Å². The number of unbranched alkanes of at least 4 members (excludes halogenated alkanes) is 1. The molecule has 1 N–H and O–H groups in total. The number of anilines is 2. The summed E-state index contributed by atoms with van der Waals surface area (Å²) < 4.78 is 15.9. The third-order valence-corrected chi connectivity index (χ3v) is 4.17. The van der Waals surface area contributed by atoms with E-state index in [2.05, 4.69) is 22.1 Å². The summed E-state index contributed by atoms with van der Waals surface area (Å²) in [7, 11) is 6.58. The van der Waals surface area contributed by atoms with Gasteiger partial charge in [0.15, 0.2) is 11.5 Å². The van der Waals surface area contributed by atoms with Gasteiger partial charge in [-0.25, -0.2) is 4.98 Å². The monoisotopic (exact) mass is 373 g/mol. The molecule has 0 aliphatic rings. The van der Waals surface area contributed by atoms with Crippen LogP contribution >= 0.6 is 0 Å². The van der Waals surface area contributed by atoms with E-state index in [-0.39, 0.29) is 5.91 Å². The summed E-state index contributed by atoms with van der Waals surface area (Å²) >= 11 is 0. The van der Waals surface area contributed by atoms with Crippen LogP contribution in [-0.4, -0.2) is 45.8 Å². The number of aromatic nitrogens is 1. The molecule has 7 heteroatoms. The first-order valence-corrected chi connectivity index (χ1v) is 8.82. The third-order valence-electron chi connectivity index (χ3n) is 4.17. The predicted octanol–water partition coefficient (Wildman–Crippen LogP) is 3.60. The van der Waals surface area contributed by atoms with E-state index in [1.807, 2.05) is 13.1 Å². The summed E-state index contributed by atoms with van der Waals surface area (Å²) in [6, 6.07) is 6.97. The van der Waals surface area contributed by atoms with Crippen LogP contribution < -0.4 is 24.4 Å². The highest BCUT2D eigenvalue weighted by Gasteiger charge is 2.15. The van der Waals surface area contributed by atoms with Gasteiger partial charge in [0.05, 0.1) is 26.9 Å². The first-order valence-electron chi connectivity index (χ1n) is 8.82. The van der Waals surface area contributed by atoms with Crippen LogP contribution in [0.25, 0.3) is 0 Å². The fourth-order valence-corrected chi connectivity index (χ4v) is 2.61. The quantitative estimate of drug-likeness (QED) is 0.724. The molecule has 27 heavy (non-hydrogen) atoms. The zero-order valence-corrected chi connectivity index (χ0v) is 16.5. The Hall–Kier alpha value is -2.96. The topological polar surface area (TPSA) is 72.9 Å². The van der Waals surface area contributed by atoms with Crippen LogP contribution in [0.5, 0.6) is 17.2 Å². The molecule has 1 amide bonds. The minimum atomic E-state index is -0.264. The Morgan fingerprint density at radius 3 is 2.26 bits per heavy atom. The molecule has 1 aromatic heterocycles. The van der Waals surface area contributed by atoms with Crippen LogP contribution in [0.4, 0.5) is 11.5 Å². The van der Waals surface area contributed by atoms with E-state index >= 15 is 0 Å². The number of amides is 1. The minimum Gasteiger partial charge on any atom is -0.493 e. The lowest BCUT2D eigenvalue weighted by Gasteiger charge is -2.18. The van der Waals surface area contributed by atoms with Crippen molar-refractivity contribution in [3.63, 3.8) is 0 Å². The Labute approximate surface area is 160 Å². The van der Waals surface area contributed by atoms with Crippen molar-refractivity contribution >= 4 is 17.4 Å². The van der Waals surface area contributed by atoms with Gasteiger partial charge in [-0.05, 0) is 18.6 Å². The van der Waals surface area contributed by atoms with Crippen molar-refractivity contribution in [1.82, 2.24) is 4.98 Å². The Bertz CT molecular complexity index is 737. The van der Waals surface area contributed by atoms with Crippen molar-refractivity contribution < 1.29 is 19.0 Å². The summed E-state index contributed by atoms with van der Waals surface area (Å²) in [5.41, 5.74) is 1.01. The molecule has 0 saturated carbocycles. The van der Waals surface area contributed by atoms with Gasteiger partial charge in [-0.3, -0.25) is 4.79 Å². The van der Waals surface area contributed by atoms with E-state index in [0.29, 0.717) is 28.5 Å². The molecular weight excluding hydrogens is 346 g/mol. The standard InChI is InChI=1S/C20H27N3O4/c1-6-7-10-23(2)18-9-8-14(13-21-18)20(24)22-15-11-16(25-3)19(27-5)17(12-15)26-4/h8-9,11-13H,6-7,10H2,1-5H3,(H,22,24). The van der Waals surface area contributed by atoms with E-state index in [9.17, 15) is 4.79 Å². The SMILES string of the molecule is CCCCN(C)c1ccc(C(=O)Nc2cc(OC)c(OC)c(OC)c2)cn1. The van der Waals surface area contributed by atoms with Gasteiger partial charge in [0.2, 0.25) is 5.75 Å². The Kier molecular flexibility index (Phi) is 7.28. The summed E-state index contributed by atoms with van der Waals surface area (Å²) in [6.45, 7) is 3.08. The van der Waals surface area contributed by atoms with Crippen molar-refractivity contribution in [2.45, 2.75) is 19.8 Å². The minimum absolute atomic E-state index is 0.264. The number of methoxy groups -OCH3 is 3. The van der Waals surface area contributed by atoms with Crippen molar-refractivity contribution in [3.8, 4) is 17.2 Å². The molecule has 7 nitrogen and oxygen atoms in total. The molecule has 1 heterocycles. The number of hydrogen-bond donors (Lipinski definition) is 1. The molecule has 1 aromatic carbocycles. The van der Waals surface area contributed by atoms with Gasteiger partial charge in [0.1, 0.15) is 5.82 Å². The molecule has 0 radical (unpaired) electrons. The number of nitrogens with zero attached hydrogens (tertiary/aromatic N) is 2. The number of nitrogens with one attached hydrogen (secondary N) is 1. The maximum atomic E-state index is 12.5. The fourth-order valence-electron chi connectivity index (χ4n) is 2.61. The lowest BCUT2D eigenvalue weighted by Crippen LogP contribution is -2.20. The van der Waals surface area contributed by atoms with Gasteiger partial charge < -0.3 is 24.4 Å². The van der Waals surface area contributed by atoms with Gasteiger partial charge >= 0.3 is 0 Å². The van der Waals surface area contributed by atoms with Gasteiger partial charge in [0.25, 0.3) is 5.91 Å². The number of carbonyl (C=O) groups is 1. The predicted molar refractivity (Wildman–Crippen MR) is 106 cm³/mol. The number of pyridine rings is 1. The zero-order valence-electron chi connectivity index (χ0n) is 16.5. The molecule has 0 bridgehead atoms. The van der Waals surface area contributed by atoms with Crippen LogP contribution in [-0.2, 0) is 0 Å². The summed E-state index contributed by atoms with van der Waals surface area (Å²) in [4.78, 5) is 19.0. The van der Waals surface area contributed by atoms with Gasteiger partial charge in [-0.15, -0.1) is 0 Å². The molecule has 2 aromatic rings. The number of ether oxygens (including phenoxy) is 3. The van der Waals surface area contributed by atoms with Crippen LogP contribution in [0.2, 0.25) is 0 Å². The molecule has 0 saturated heterocycles. The van der Waals surface area contributed by atoms with Crippen LogP contribution in [0.1, 0.15) is 30.1 Å². The van der Waals surface area contributed by atoms with E-state index in [4.69, 9.17) is 14.2 Å². The second kappa shape index (κ2) is 9.66. The van der Waals surface area contributed by atoms with Crippen molar-refractivity contribution in [2.75, 3.05) is 45.1 Å². The normalized spacial score (nSPS) is 10.3. The highest BCUT2D eigenvalue weighted by atomic mass is 16.5. The second-order valence-electron chi connectivity index (χ2n) is 6.05. The molecule has 0 fully saturated rings. The van der Waals surface area contributed by atoms with E-state index < -0.39 is 0 Å².